The number of hydrogen-bond acceptors (Lipinski definition) is 2. The summed E-state index contributed by atoms with van der Waals surface area (Å²) >= 11 is 9.10. The Morgan fingerprint density at radius 1 is 1.28 bits per heavy atom. The molecule has 5 heteroatoms. The molecule has 1 aromatic heterocycles. The van der Waals surface area contributed by atoms with Gasteiger partial charge in [0.05, 0.1) is 6.42 Å². The van der Waals surface area contributed by atoms with Gasteiger partial charge in [0.25, 0.3) is 0 Å². The number of nitrogens with zero attached hydrogens (tertiary/aromatic N) is 1. The molecule has 0 saturated heterocycles. The van der Waals surface area contributed by atoms with Crippen LogP contribution in [0.2, 0.25) is 5.02 Å². The summed E-state index contributed by atoms with van der Waals surface area (Å²) in [5.74, 6) is 0.422. The molecule has 0 spiro atoms. The molecule has 0 saturated carbocycles. The number of anilines is 1. The van der Waals surface area contributed by atoms with Crippen molar-refractivity contribution in [3.8, 4) is 0 Å². The third-order valence-corrected chi connectivity index (χ3v) is 3.01. The zero-order chi connectivity index (χ0) is 13.0. The summed E-state index contributed by atoms with van der Waals surface area (Å²) in [6, 6.07) is 10.7. The lowest BCUT2D eigenvalue weighted by Crippen LogP contribution is -2.15. The fourth-order valence-corrected chi connectivity index (χ4v) is 1.91. The molecule has 3 nitrogen and oxygen atoms in total. The Morgan fingerprint density at radius 2 is 2.00 bits per heavy atom. The summed E-state index contributed by atoms with van der Waals surface area (Å²) in [6.07, 6.45) is 1.92. The van der Waals surface area contributed by atoms with E-state index in [2.05, 4.69) is 26.2 Å². The highest BCUT2D eigenvalue weighted by Crippen LogP contribution is 2.14. The Bertz CT molecular complexity index is 557. The van der Waals surface area contributed by atoms with Gasteiger partial charge >= 0.3 is 0 Å². The fourth-order valence-electron chi connectivity index (χ4n) is 1.45. The van der Waals surface area contributed by atoms with Gasteiger partial charge in [-0.05, 0) is 29.8 Å². The van der Waals surface area contributed by atoms with Gasteiger partial charge < -0.3 is 5.32 Å². The largest absolute Gasteiger partial charge is 0.310 e. The number of carbonyl (C=O) groups excluding carboxylic acids is 1. The van der Waals surface area contributed by atoms with Gasteiger partial charge in [-0.1, -0.05) is 39.7 Å². The first kappa shape index (κ1) is 13.1. The molecule has 0 aliphatic carbocycles. The van der Waals surface area contributed by atoms with Crippen molar-refractivity contribution in [1.82, 2.24) is 4.98 Å². The van der Waals surface area contributed by atoms with Crippen molar-refractivity contribution in [2.75, 3.05) is 5.32 Å². The number of rotatable bonds is 3. The van der Waals surface area contributed by atoms with E-state index in [1.54, 1.807) is 30.5 Å². The minimum absolute atomic E-state index is 0.108. The number of hydrogen-bond donors (Lipinski definition) is 1. The normalized spacial score (nSPS) is 10.1. The minimum atomic E-state index is -0.108. The van der Waals surface area contributed by atoms with Gasteiger partial charge in [0.2, 0.25) is 5.91 Å². The highest BCUT2D eigenvalue weighted by atomic mass is 79.9. The Labute approximate surface area is 118 Å². The molecule has 18 heavy (non-hydrogen) atoms. The molecule has 1 aromatic carbocycles. The number of pyridine rings is 1. The molecule has 1 N–H and O–H groups in total. The van der Waals surface area contributed by atoms with Crippen molar-refractivity contribution in [2.45, 2.75) is 6.42 Å². The van der Waals surface area contributed by atoms with Crippen molar-refractivity contribution < 1.29 is 4.79 Å². The van der Waals surface area contributed by atoms with Crippen LogP contribution in [0.5, 0.6) is 0 Å². The molecular formula is C13H10BrClN2O. The van der Waals surface area contributed by atoms with Crippen molar-refractivity contribution in [1.29, 1.82) is 0 Å². The molecule has 0 atom stereocenters. The van der Waals surface area contributed by atoms with Gasteiger partial charge in [0, 0.05) is 15.7 Å². The number of nitrogens with one attached hydrogen (secondary N) is 1. The number of benzene rings is 1. The molecule has 2 aromatic rings. The van der Waals surface area contributed by atoms with Crippen LogP contribution in [0.25, 0.3) is 0 Å². The lowest BCUT2D eigenvalue weighted by Gasteiger charge is -2.04. The Morgan fingerprint density at radius 3 is 2.67 bits per heavy atom. The zero-order valence-electron chi connectivity index (χ0n) is 9.36. The first-order valence-electron chi connectivity index (χ1n) is 5.29. The smallest absolute Gasteiger partial charge is 0.229 e. The number of aromatic nitrogens is 1. The lowest BCUT2D eigenvalue weighted by molar-refractivity contribution is -0.115. The maximum atomic E-state index is 11.8. The highest BCUT2D eigenvalue weighted by molar-refractivity contribution is 9.10. The monoisotopic (exact) mass is 324 g/mol. The molecule has 2 rings (SSSR count). The molecular weight excluding hydrogens is 316 g/mol. The topological polar surface area (TPSA) is 42.0 Å². The molecule has 1 amide bonds. The first-order chi connectivity index (χ1) is 8.63. The highest BCUT2D eigenvalue weighted by Gasteiger charge is 2.05. The van der Waals surface area contributed by atoms with Crippen LogP contribution < -0.4 is 5.32 Å². The zero-order valence-corrected chi connectivity index (χ0v) is 11.7. The van der Waals surface area contributed by atoms with E-state index < -0.39 is 0 Å². The summed E-state index contributed by atoms with van der Waals surface area (Å²) in [4.78, 5) is 15.8. The number of halogens is 2. The lowest BCUT2D eigenvalue weighted by atomic mass is 10.1. The minimum Gasteiger partial charge on any atom is -0.310 e. The SMILES string of the molecule is O=C(Cc1ccc(Cl)cc1)Nc1cc(Br)ccn1. The molecule has 92 valence electrons. The Hall–Kier alpha value is -1.39. The second kappa shape index (κ2) is 5.98. The van der Waals surface area contributed by atoms with E-state index in [-0.39, 0.29) is 5.91 Å². The molecule has 1 heterocycles. The summed E-state index contributed by atoms with van der Waals surface area (Å²) < 4.78 is 0.874. The molecule has 0 radical (unpaired) electrons. The average Bonchev–Trinajstić information content (AvgIpc) is 2.32. The van der Waals surface area contributed by atoms with Crippen LogP contribution in [0.1, 0.15) is 5.56 Å². The van der Waals surface area contributed by atoms with E-state index in [1.807, 2.05) is 12.1 Å². The van der Waals surface area contributed by atoms with Crippen LogP contribution in [0.3, 0.4) is 0 Å². The van der Waals surface area contributed by atoms with Gasteiger partial charge in [-0.2, -0.15) is 0 Å². The Balaban J connectivity index is 1.98. The van der Waals surface area contributed by atoms with E-state index in [0.29, 0.717) is 17.3 Å². The maximum Gasteiger partial charge on any atom is 0.229 e. The standard InChI is InChI=1S/C13H10BrClN2O/c14-10-5-6-16-12(8-10)17-13(18)7-9-1-3-11(15)4-2-9/h1-6,8H,7H2,(H,16,17,18). The van der Waals surface area contributed by atoms with Crippen LogP contribution in [0, 0.1) is 0 Å². The number of amides is 1. The number of carbonyl (C=O) groups is 1. The average molecular weight is 326 g/mol. The molecule has 0 aliphatic rings. The van der Waals surface area contributed by atoms with Gasteiger partial charge in [-0.15, -0.1) is 0 Å². The van der Waals surface area contributed by atoms with Gasteiger partial charge in [0.1, 0.15) is 5.82 Å². The van der Waals surface area contributed by atoms with Crippen LogP contribution in [0.4, 0.5) is 5.82 Å². The summed E-state index contributed by atoms with van der Waals surface area (Å²) in [7, 11) is 0. The summed E-state index contributed by atoms with van der Waals surface area (Å²) in [5, 5.41) is 3.39. The fraction of sp³-hybridized carbons (Fsp3) is 0.0769. The van der Waals surface area contributed by atoms with E-state index in [1.165, 1.54) is 0 Å². The van der Waals surface area contributed by atoms with Crippen LogP contribution in [-0.2, 0) is 11.2 Å². The van der Waals surface area contributed by atoms with E-state index >= 15 is 0 Å². The van der Waals surface area contributed by atoms with E-state index in [0.717, 1.165) is 10.0 Å². The van der Waals surface area contributed by atoms with E-state index in [9.17, 15) is 4.79 Å². The van der Waals surface area contributed by atoms with Gasteiger partial charge in [-0.3, -0.25) is 4.79 Å². The predicted molar refractivity (Wildman–Crippen MR) is 75.7 cm³/mol. The van der Waals surface area contributed by atoms with Gasteiger partial charge in [0.15, 0.2) is 0 Å². The summed E-state index contributed by atoms with van der Waals surface area (Å²) in [5.41, 5.74) is 0.909. The summed E-state index contributed by atoms with van der Waals surface area (Å²) in [6.45, 7) is 0. The van der Waals surface area contributed by atoms with Crippen LogP contribution in [0.15, 0.2) is 47.1 Å². The third kappa shape index (κ3) is 3.82. The van der Waals surface area contributed by atoms with Gasteiger partial charge in [-0.25, -0.2) is 4.98 Å². The van der Waals surface area contributed by atoms with Crippen LogP contribution in [-0.4, -0.2) is 10.9 Å². The van der Waals surface area contributed by atoms with Crippen molar-refractivity contribution >= 4 is 39.3 Å². The van der Waals surface area contributed by atoms with Crippen molar-refractivity contribution in [3.63, 3.8) is 0 Å². The molecule has 0 aliphatic heterocycles. The van der Waals surface area contributed by atoms with Crippen molar-refractivity contribution in [2.24, 2.45) is 0 Å². The molecule has 0 bridgehead atoms. The Kier molecular flexibility index (Phi) is 4.33. The predicted octanol–water partition coefficient (Wildman–Crippen LogP) is 3.68. The van der Waals surface area contributed by atoms with Crippen LogP contribution >= 0.6 is 27.5 Å². The second-order valence-corrected chi connectivity index (χ2v) is 5.06. The molecule has 0 fully saturated rings. The third-order valence-electron chi connectivity index (χ3n) is 2.27. The van der Waals surface area contributed by atoms with E-state index in [4.69, 9.17) is 11.6 Å². The quantitative estimate of drug-likeness (QED) is 0.935. The maximum absolute atomic E-state index is 11.8. The first-order valence-corrected chi connectivity index (χ1v) is 6.46. The van der Waals surface area contributed by atoms with Crippen molar-refractivity contribution in [3.05, 3.63) is 57.7 Å². The molecule has 0 unspecified atom stereocenters. The second-order valence-electron chi connectivity index (χ2n) is 3.71.